The van der Waals surface area contributed by atoms with Crippen molar-refractivity contribution in [2.24, 2.45) is 0 Å². The van der Waals surface area contributed by atoms with Gasteiger partial charge in [0.1, 0.15) is 11.4 Å². The minimum Gasteiger partial charge on any atom is -0.375 e. The number of aromatic amines is 2. The Morgan fingerprint density at radius 3 is 2.79 bits per heavy atom. The number of aryl methyl sites for hydroxylation is 1. The zero-order valence-corrected chi connectivity index (χ0v) is 17.8. The minimum absolute atomic E-state index is 0.00458. The molecule has 0 aliphatic heterocycles. The molecule has 3 aromatic heterocycles. The van der Waals surface area contributed by atoms with Crippen molar-refractivity contribution in [1.82, 2.24) is 24.5 Å². The van der Waals surface area contributed by atoms with E-state index in [0.717, 1.165) is 22.3 Å². The van der Waals surface area contributed by atoms with Gasteiger partial charge in [0.05, 0.1) is 29.6 Å². The Morgan fingerprint density at radius 2 is 2.00 bits per heavy atom. The number of fused-ring (bicyclic) bond motifs is 1. The van der Waals surface area contributed by atoms with E-state index in [1.165, 1.54) is 6.20 Å². The lowest BCUT2D eigenvalue weighted by Gasteiger charge is -2.10. The second-order valence-electron chi connectivity index (χ2n) is 7.58. The van der Waals surface area contributed by atoms with Crippen molar-refractivity contribution in [3.63, 3.8) is 0 Å². The SMILES string of the molecule is Cc1cc(-n2ccnc2)cc2[nH]c(-c3c(NCC(=O)Nc4ccccc4)cc[nH]c3=O)nc12. The summed E-state index contributed by atoms with van der Waals surface area (Å²) in [6.45, 7) is 1.96. The highest BCUT2D eigenvalue weighted by Crippen LogP contribution is 2.27. The molecule has 3 heterocycles. The van der Waals surface area contributed by atoms with E-state index >= 15 is 0 Å². The van der Waals surface area contributed by atoms with Crippen LogP contribution in [0, 0.1) is 6.92 Å². The minimum atomic E-state index is -0.310. The molecule has 5 rings (SSSR count). The summed E-state index contributed by atoms with van der Waals surface area (Å²) in [6, 6.07) is 14.9. The number of imidazole rings is 2. The Bertz CT molecular complexity index is 1480. The van der Waals surface area contributed by atoms with E-state index in [0.29, 0.717) is 22.8 Å². The van der Waals surface area contributed by atoms with E-state index in [1.54, 1.807) is 18.6 Å². The predicted octanol–water partition coefficient (Wildman–Crippen LogP) is 3.46. The van der Waals surface area contributed by atoms with Crippen LogP contribution in [0.2, 0.25) is 0 Å². The molecule has 33 heavy (non-hydrogen) atoms. The van der Waals surface area contributed by atoms with E-state index in [1.807, 2.05) is 60.2 Å². The van der Waals surface area contributed by atoms with E-state index in [4.69, 9.17) is 0 Å². The van der Waals surface area contributed by atoms with E-state index < -0.39 is 0 Å². The summed E-state index contributed by atoms with van der Waals surface area (Å²) in [7, 11) is 0. The quantitative estimate of drug-likeness (QED) is 0.323. The van der Waals surface area contributed by atoms with Gasteiger partial charge in [-0.2, -0.15) is 0 Å². The van der Waals surface area contributed by atoms with Gasteiger partial charge in [0.2, 0.25) is 5.91 Å². The Morgan fingerprint density at radius 1 is 1.15 bits per heavy atom. The Hall–Kier alpha value is -4.66. The molecule has 0 atom stereocenters. The fraction of sp³-hybridized carbons (Fsp3) is 0.0833. The summed E-state index contributed by atoms with van der Waals surface area (Å²) in [6.07, 6.45) is 6.84. The van der Waals surface area contributed by atoms with Gasteiger partial charge in [-0.15, -0.1) is 0 Å². The molecule has 0 aliphatic carbocycles. The van der Waals surface area contributed by atoms with Crippen LogP contribution in [0.5, 0.6) is 0 Å². The Balaban J connectivity index is 1.45. The van der Waals surface area contributed by atoms with Crippen molar-refractivity contribution in [3.8, 4) is 17.1 Å². The summed E-state index contributed by atoms with van der Waals surface area (Å²) in [5.74, 6) is 0.196. The molecule has 0 spiro atoms. The van der Waals surface area contributed by atoms with Crippen molar-refractivity contribution < 1.29 is 4.79 Å². The lowest BCUT2D eigenvalue weighted by molar-refractivity contribution is -0.114. The topological polar surface area (TPSA) is 120 Å². The normalized spacial score (nSPS) is 10.9. The maximum Gasteiger partial charge on any atom is 0.261 e. The lowest BCUT2D eigenvalue weighted by Crippen LogP contribution is -2.23. The highest BCUT2D eigenvalue weighted by atomic mass is 16.2. The van der Waals surface area contributed by atoms with Crippen LogP contribution in [0.3, 0.4) is 0 Å². The average molecular weight is 439 g/mol. The molecule has 1 amide bonds. The first-order chi connectivity index (χ1) is 16.1. The highest BCUT2D eigenvalue weighted by molar-refractivity contribution is 5.94. The highest BCUT2D eigenvalue weighted by Gasteiger charge is 2.16. The number of carbonyl (C=O) groups excluding carboxylic acids is 1. The average Bonchev–Trinajstić information content (AvgIpc) is 3.49. The first-order valence-corrected chi connectivity index (χ1v) is 10.4. The smallest absolute Gasteiger partial charge is 0.261 e. The molecular formula is C24H21N7O2. The van der Waals surface area contributed by atoms with Gasteiger partial charge in [-0.3, -0.25) is 9.59 Å². The number of rotatable bonds is 6. The fourth-order valence-corrected chi connectivity index (χ4v) is 3.71. The molecule has 2 aromatic carbocycles. The number of benzene rings is 2. The fourth-order valence-electron chi connectivity index (χ4n) is 3.71. The third kappa shape index (κ3) is 4.11. The number of nitrogens with zero attached hydrogens (tertiary/aromatic N) is 3. The summed E-state index contributed by atoms with van der Waals surface area (Å²) in [5.41, 5.74) is 4.70. The number of hydrogen-bond acceptors (Lipinski definition) is 5. The van der Waals surface area contributed by atoms with Gasteiger partial charge in [0, 0.05) is 30.0 Å². The first kappa shape index (κ1) is 20.3. The molecule has 9 nitrogen and oxygen atoms in total. The maximum absolute atomic E-state index is 12.7. The number of hydrogen-bond donors (Lipinski definition) is 4. The molecule has 0 unspecified atom stereocenters. The number of amides is 1. The summed E-state index contributed by atoms with van der Waals surface area (Å²) in [4.78, 5) is 39.8. The van der Waals surface area contributed by atoms with E-state index in [9.17, 15) is 9.59 Å². The predicted molar refractivity (Wildman–Crippen MR) is 128 cm³/mol. The molecular weight excluding hydrogens is 418 g/mol. The van der Waals surface area contributed by atoms with Crippen LogP contribution in [0.4, 0.5) is 11.4 Å². The number of carbonyl (C=O) groups is 1. The molecule has 4 N–H and O–H groups in total. The third-order valence-electron chi connectivity index (χ3n) is 5.26. The van der Waals surface area contributed by atoms with Crippen LogP contribution in [0.15, 0.2) is 78.2 Å². The summed E-state index contributed by atoms with van der Waals surface area (Å²) in [5, 5.41) is 5.88. The Labute approximate surface area is 188 Å². The van der Waals surface area contributed by atoms with E-state index in [-0.39, 0.29) is 18.0 Å². The Kier molecular flexibility index (Phi) is 5.19. The van der Waals surface area contributed by atoms with Crippen molar-refractivity contribution in [1.29, 1.82) is 0 Å². The first-order valence-electron chi connectivity index (χ1n) is 10.4. The lowest BCUT2D eigenvalue weighted by atomic mass is 10.2. The monoisotopic (exact) mass is 439 g/mol. The van der Waals surface area contributed by atoms with Crippen LogP contribution in [-0.4, -0.2) is 37.0 Å². The largest absolute Gasteiger partial charge is 0.375 e. The molecule has 0 saturated carbocycles. The molecule has 164 valence electrons. The number of aromatic nitrogens is 5. The van der Waals surface area contributed by atoms with Gasteiger partial charge < -0.3 is 25.2 Å². The van der Waals surface area contributed by atoms with Crippen LogP contribution < -0.4 is 16.2 Å². The second-order valence-corrected chi connectivity index (χ2v) is 7.58. The number of H-pyrrole nitrogens is 2. The van der Waals surface area contributed by atoms with Crippen molar-refractivity contribution >= 4 is 28.3 Å². The number of para-hydroxylation sites is 1. The summed E-state index contributed by atoms with van der Waals surface area (Å²) >= 11 is 0. The standard InChI is InChI=1S/C24H21N7O2/c1-15-11-17(31-10-9-25-14-31)12-19-22(15)30-23(29-19)21-18(7-8-26-24(21)33)27-13-20(32)28-16-5-3-2-4-6-16/h2-12,14H,13H2,1H3,(H,28,32)(H,29,30)(H2,26,27,33). The van der Waals surface area contributed by atoms with Gasteiger partial charge >= 0.3 is 0 Å². The second kappa shape index (κ2) is 8.46. The number of pyridine rings is 1. The van der Waals surface area contributed by atoms with Crippen LogP contribution >= 0.6 is 0 Å². The molecule has 5 aromatic rings. The van der Waals surface area contributed by atoms with Gasteiger partial charge in [-0.05, 0) is 42.8 Å². The molecule has 0 fully saturated rings. The van der Waals surface area contributed by atoms with Gasteiger partial charge in [-0.25, -0.2) is 9.97 Å². The van der Waals surface area contributed by atoms with E-state index in [2.05, 4.69) is 30.6 Å². The van der Waals surface area contributed by atoms with Crippen molar-refractivity contribution in [2.45, 2.75) is 6.92 Å². The molecule has 9 heteroatoms. The number of anilines is 2. The van der Waals surface area contributed by atoms with Crippen LogP contribution in [-0.2, 0) is 4.79 Å². The molecule has 0 bridgehead atoms. The van der Waals surface area contributed by atoms with Gasteiger partial charge in [-0.1, -0.05) is 18.2 Å². The van der Waals surface area contributed by atoms with Gasteiger partial charge in [0.25, 0.3) is 5.56 Å². The van der Waals surface area contributed by atoms with Crippen molar-refractivity contribution in [2.75, 3.05) is 17.2 Å². The molecule has 0 radical (unpaired) electrons. The van der Waals surface area contributed by atoms with Crippen molar-refractivity contribution in [3.05, 3.63) is 89.4 Å². The molecule has 0 saturated heterocycles. The third-order valence-corrected chi connectivity index (χ3v) is 5.26. The molecule has 0 aliphatic rings. The van der Waals surface area contributed by atoms with Crippen LogP contribution in [0.1, 0.15) is 5.56 Å². The summed E-state index contributed by atoms with van der Waals surface area (Å²) < 4.78 is 1.90. The zero-order valence-electron chi connectivity index (χ0n) is 17.8. The van der Waals surface area contributed by atoms with Crippen LogP contribution in [0.25, 0.3) is 28.1 Å². The zero-order chi connectivity index (χ0) is 22.8. The van der Waals surface area contributed by atoms with Gasteiger partial charge in [0.15, 0.2) is 0 Å². The number of nitrogens with one attached hydrogen (secondary N) is 4. The maximum atomic E-state index is 12.7.